The van der Waals surface area contributed by atoms with Gasteiger partial charge in [0.1, 0.15) is 11.6 Å². The number of nitrogens with zero attached hydrogens (tertiary/aromatic N) is 1. The van der Waals surface area contributed by atoms with Gasteiger partial charge >= 0.3 is 0 Å². The van der Waals surface area contributed by atoms with Crippen molar-refractivity contribution < 1.29 is 8.78 Å². The first-order valence-electron chi connectivity index (χ1n) is 6.34. The second-order valence-corrected chi connectivity index (χ2v) is 5.69. The number of nitriles is 1. The monoisotopic (exact) mass is 350 g/mol. The van der Waals surface area contributed by atoms with Gasteiger partial charge in [0.2, 0.25) is 0 Å². The molecule has 0 aliphatic rings. The number of anilines is 1. The quantitative estimate of drug-likeness (QED) is 0.837. The van der Waals surface area contributed by atoms with Crippen molar-refractivity contribution >= 4 is 21.6 Å². The molecule has 1 atom stereocenters. The predicted octanol–water partition coefficient (Wildman–Crippen LogP) is 5.08. The molecule has 0 saturated heterocycles. The van der Waals surface area contributed by atoms with E-state index in [2.05, 4.69) is 21.2 Å². The third-order valence-corrected chi connectivity index (χ3v) is 3.76. The van der Waals surface area contributed by atoms with Crippen molar-refractivity contribution in [2.24, 2.45) is 0 Å². The van der Waals surface area contributed by atoms with Crippen molar-refractivity contribution in [1.29, 1.82) is 5.26 Å². The smallest absolute Gasteiger partial charge is 0.129 e. The van der Waals surface area contributed by atoms with E-state index in [0.29, 0.717) is 16.8 Å². The molecule has 2 rings (SSSR count). The van der Waals surface area contributed by atoms with Crippen molar-refractivity contribution in [1.82, 2.24) is 0 Å². The van der Waals surface area contributed by atoms with E-state index in [1.54, 1.807) is 32.0 Å². The van der Waals surface area contributed by atoms with Gasteiger partial charge in [0, 0.05) is 21.3 Å². The third kappa shape index (κ3) is 3.40. The Morgan fingerprint density at radius 2 is 1.90 bits per heavy atom. The Morgan fingerprint density at radius 1 is 1.19 bits per heavy atom. The van der Waals surface area contributed by atoms with E-state index < -0.39 is 5.82 Å². The van der Waals surface area contributed by atoms with E-state index >= 15 is 0 Å². The van der Waals surface area contributed by atoms with Gasteiger partial charge in [0.15, 0.2) is 0 Å². The SMILES string of the molecule is Cc1c(F)cc(C#N)cc1NC(C)c1cc(Br)ccc1F. The normalized spacial score (nSPS) is 11.8. The Bertz CT molecular complexity index is 723. The zero-order valence-corrected chi connectivity index (χ0v) is 13.1. The van der Waals surface area contributed by atoms with Crippen molar-refractivity contribution in [2.75, 3.05) is 5.32 Å². The molecule has 2 aromatic carbocycles. The minimum atomic E-state index is -0.460. The zero-order valence-electron chi connectivity index (χ0n) is 11.5. The molecule has 0 fully saturated rings. The summed E-state index contributed by atoms with van der Waals surface area (Å²) in [7, 11) is 0. The summed E-state index contributed by atoms with van der Waals surface area (Å²) in [5.41, 5.74) is 1.57. The van der Waals surface area contributed by atoms with Crippen LogP contribution in [0.15, 0.2) is 34.8 Å². The molecule has 1 N–H and O–H groups in total. The highest BCUT2D eigenvalue weighted by Gasteiger charge is 2.14. The third-order valence-electron chi connectivity index (χ3n) is 3.27. The summed E-state index contributed by atoms with van der Waals surface area (Å²) in [4.78, 5) is 0. The number of nitrogens with one attached hydrogen (secondary N) is 1. The number of benzene rings is 2. The van der Waals surface area contributed by atoms with Crippen molar-refractivity contribution in [3.8, 4) is 6.07 Å². The Hall–Kier alpha value is -1.93. The first-order chi connectivity index (χ1) is 9.92. The van der Waals surface area contributed by atoms with Crippen LogP contribution in [0.4, 0.5) is 14.5 Å². The summed E-state index contributed by atoms with van der Waals surface area (Å²) in [5, 5.41) is 12.0. The van der Waals surface area contributed by atoms with Gasteiger partial charge in [-0.05, 0) is 44.2 Å². The molecule has 1 unspecified atom stereocenters. The summed E-state index contributed by atoms with van der Waals surface area (Å²) in [6, 6.07) is 8.95. The lowest BCUT2D eigenvalue weighted by atomic mass is 10.1. The second kappa shape index (κ2) is 6.23. The first kappa shape index (κ1) is 15.5. The Labute approximate surface area is 130 Å². The Morgan fingerprint density at radius 3 is 2.57 bits per heavy atom. The molecule has 0 heterocycles. The number of halogens is 3. The summed E-state index contributed by atoms with van der Waals surface area (Å²) in [6.45, 7) is 3.39. The van der Waals surface area contributed by atoms with Crippen molar-refractivity contribution in [2.45, 2.75) is 19.9 Å². The highest BCUT2D eigenvalue weighted by Crippen LogP contribution is 2.28. The van der Waals surface area contributed by atoms with Gasteiger partial charge in [-0.2, -0.15) is 5.26 Å². The highest BCUT2D eigenvalue weighted by atomic mass is 79.9. The minimum absolute atomic E-state index is 0.225. The van der Waals surface area contributed by atoms with Gasteiger partial charge < -0.3 is 5.32 Å². The molecule has 108 valence electrons. The Balaban J connectivity index is 2.36. The van der Waals surface area contributed by atoms with Crippen LogP contribution in [-0.2, 0) is 0 Å². The molecule has 21 heavy (non-hydrogen) atoms. The fourth-order valence-corrected chi connectivity index (χ4v) is 2.43. The average Bonchev–Trinajstić information content (AvgIpc) is 2.46. The molecule has 0 aromatic heterocycles. The maximum atomic E-state index is 13.9. The van der Waals surface area contributed by atoms with Crippen LogP contribution >= 0.6 is 15.9 Å². The van der Waals surface area contributed by atoms with Crippen LogP contribution in [0.3, 0.4) is 0 Å². The molecule has 0 radical (unpaired) electrons. The molecule has 0 spiro atoms. The van der Waals surface area contributed by atoms with Gasteiger partial charge in [0.05, 0.1) is 17.7 Å². The maximum absolute atomic E-state index is 13.9. The van der Waals surface area contributed by atoms with Crippen LogP contribution in [0.25, 0.3) is 0 Å². The fraction of sp³-hybridized carbons (Fsp3) is 0.188. The van der Waals surface area contributed by atoms with Gasteiger partial charge in [-0.15, -0.1) is 0 Å². The van der Waals surface area contributed by atoms with E-state index in [-0.39, 0.29) is 17.4 Å². The van der Waals surface area contributed by atoms with E-state index in [1.165, 1.54) is 12.1 Å². The maximum Gasteiger partial charge on any atom is 0.129 e. The molecular weight excluding hydrogens is 338 g/mol. The summed E-state index contributed by atoms with van der Waals surface area (Å²) < 4.78 is 28.4. The second-order valence-electron chi connectivity index (χ2n) is 4.77. The van der Waals surface area contributed by atoms with Crippen molar-refractivity contribution in [3.05, 3.63) is 63.1 Å². The predicted molar refractivity (Wildman–Crippen MR) is 82.0 cm³/mol. The van der Waals surface area contributed by atoms with Crippen LogP contribution in [0.2, 0.25) is 0 Å². The number of rotatable bonds is 3. The van der Waals surface area contributed by atoms with Crippen LogP contribution in [0, 0.1) is 29.9 Å². The zero-order chi connectivity index (χ0) is 15.6. The number of hydrogen-bond donors (Lipinski definition) is 1. The molecule has 2 nitrogen and oxygen atoms in total. The van der Waals surface area contributed by atoms with E-state index in [1.807, 2.05) is 6.07 Å². The fourth-order valence-electron chi connectivity index (χ4n) is 2.05. The van der Waals surface area contributed by atoms with Crippen LogP contribution in [0.5, 0.6) is 0 Å². The lowest BCUT2D eigenvalue weighted by Crippen LogP contribution is -2.10. The van der Waals surface area contributed by atoms with Gasteiger partial charge in [-0.3, -0.25) is 0 Å². The molecular formula is C16H13BrF2N2. The molecule has 0 bridgehead atoms. The molecule has 0 saturated carbocycles. The molecule has 2 aromatic rings. The molecule has 0 aliphatic heterocycles. The van der Waals surface area contributed by atoms with Crippen LogP contribution in [-0.4, -0.2) is 0 Å². The standard InChI is InChI=1S/C16H13BrF2N2/c1-9-15(19)5-11(8-20)6-16(9)21-10(2)13-7-12(17)3-4-14(13)18/h3-7,10,21H,1-2H3. The van der Waals surface area contributed by atoms with Crippen LogP contribution < -0.4 is 5.32 Å². The van der Waals surface area contributed by atoms with E-state index in [0.717, 1.165) is 4.47 Å². The topological polar surface area (TPSA) is 35.8 Å². The molecule has 5 heteroatoms. The van der Waals surface area contributed by atoms with Gasteiger partial charge in [-0.25, -0.2) is 8.78 Å². The van der Waals surface area contributed by atoms with Crippen LogP contribution in [0.1, 0.15) is 29.7 Å². The highest BCUT2D eigenvalue weighted by molar-refractivity contribution is 9.10. The van der Waals surface area contributed by atoms with Crippen molar-refractivity contribution in [3.63, 3.8) is 0 Å². The first-order valence-corrected chi connectivity index (χ1v) is 7.13. The van der Waals surface area contributed by atoms with Gasteiger partial charge in [-0.1, -0.05) is 15.9 Å². The minimum Gasteiger partial charge on any atom is -0.378 e. The Kier molecular flexibility index (Phi) is 4.59. The lowest BCUT2D eigenvalue weighted by molar-refractivity contribution is 0.599. The van der Waals surface area contributed by atoms with E-state index in [4.69, 9.17) is 5.26 Å². The largest absolute Gasteiger partial charge is 0.378 e. The molecule has 0 aliphatic carbocycles. The summed E-state index contributed by atoms with van der Waals surface area (Å²) >= 11 is 3.30. The average molecular weight is 351 g/mol. The summed E-state index contributed by atoms with van der Waals surface area (Å²) in [5.74, 6) is -0.800. The lowest BCUT2D eigenvalue weighted by Gasteiger charge is -2.19. The molecule has 0 amide bonds. The summed E-state index contributed by atoms with van der Waals surface area (Å²) in [6.07, 6.45) is 0. The van der Waals surface area contributed by atoms with E-state index in [9.17, 15) is 8.78 Å². The number of hydrogen-bond acceptors (Lipinski definition) is 2. The van der Waals surface area contributed by atoms with Gasteiger partial charge in [0.25, 0.3) is 0 Å².